The number of anilines is 1. The van der Waals surface area contributed by atoms with Crippen molar-refractivity contribution < 1.29 is 13.2 Å². The molecule has 1 aromatic carbocycles. The van der Waals surface area contributed by atoms with Crippen LogP contribution in [0.25, 0.3) is 0 Å². The third kappa shape index (κ3) is 4.55. The molecule has 2 nitrogen and oxygen atoms in total. The Balaban J connectivity index is 2.81. The van der Waals surface area contributed by atoms with Gasteiger partial charge in [0.2, 0.25) is 0 Å². The molecule has 17 heavy (non-hydrogen) atoms. The topological polar surface area (TPSA) is 29.3 Å². The van der Waals surface area contributed by atoms with Gasteiger partial charge in [0.1, 0.15) is 0 Å². The molecule has 0 heterocycles. The number of hydrogen-bond acceptors (Lipinski definition) is 2. The van der Waals surface area contributed by atoms with E-state index in [2.05, 4.69) is 15.9 Å². The van der Waals surface area contributed by atoms with E-state index in [9.17, 15) is 13.2 Å². The number of rotatable bonds is 4. The maximum Gasteiger partial charge on any atom is 0.401 e. The highest BCUT2D eigenvalue weighted by Crippen LogP contribution is 2.25. The first kappa shape index (κ1) is 14.3. The standard InChI is InChI=1S/C11H14BrF3N2/c1-2-17(7-11(13,14)15)6-8-9(12)4-3-5-10(8)16/h3-5H,2,6-7,16H2,1H3. The summed E-state index contributed by atoms with van der Waals surface area (Å²) in [6, 6.07) is 5.21. The molecular formula is C11H14BrF3N2. The van der Waals surface area contributed by atoms with Crippen molar-refractivity contribution in [2.45, 2.75) is 19.6 Å². The second kappa shape index (κ2) is 5.73. The molecule has 96 valence electrons. The highest BCUT2D eigenvalue weighted by atomic mass is 79.9. The van der Waals surface area contributed by atoms with Crippen molar-refractivity contribution in [3.05, 3.63) is 28.2 Å². The van der Waals surface area contributed by atoms with Gasteiger partial charge in [-0.2, -0.15) is 13.2 Å². The fourth-order valence-corrected chi connectivity index (χ4v) is 2.01. The Kier molecular flexibility index (Phi) is 4.82. The summed E-state index contributed by atoms with van der Waals surface area (Å²) in [5.74, 6) is 0. The second-order valence-corrected chi connectivity index (χ2v) is 4.58. The van der Waals surface area contributed by atoms with Gasteiger partial charge < -0.3 is 5.73 Å². The van der Waals surface area contributed by atoms with E-state index in [1.165, 1.54) is 4.90 Å². The summed E-state index contributed by atoms with van der Waals surface area (Å²) in [4.78, 5) is 1.30. The summed E-state index contributed by atoms with van der Waals surface area (Å²) in [5.41, 5.74) is 6.94. The van der Waals surface area contributed by atoms with Crippen LogP contribution < -0.4 is 5.73 Å². The van der Waals surface area contributed by atoms with E-state index in [-0.39, 0.29) is 6.54 Å². The fourth-order valence-electron chi connectivity index (χ4n) is 1.50. The summed E-state index contributed by atoms with van der Waals surface area (Å²) in [6.45, 7) is 1.27. The Morgan fingerprint density at radius 1 is 1.35 bits per heavy atom. The zero-order chi connectivity index (χ0) is 13.1. The monoisotopic (exact) mass is 310 g/mol. The molecule has 0 atom stereocenters. The van der Waals surface area contributed by atoms with Crippen LogP contribution in [-0.2, 0) is 6.54 Å². The van der Waals surface area contributed by atoms with Crippen molar-refractivity contribution in [3.63, 3.8) is 0 Å². The third-order valence-electron chi connectivity index (χ3n) is 2.39. The van der Waals surface area contributed by atoms with Crippen molar-refractivity contribution in [3.8, 4) is 0 Å². The van der Waals surface area contributed by atoms with E-state index in [1.807, 2.05) is 0 Å². The molecule has 0 unspecified atom stereocenters. The number of hydrogen-bond donors (Lipinski definition) is 1. The van der Waals surface area contributed by atoms with Gasteiger partial charge in [0.15, 0.2) is 0 Å². The van der Waals surface area contributed by atoms with Crippen LogP contribution >= 0.6 is 15.9 Å². The molecule has 0 aliphatic rings. The number of nitrogens with zero attached hydrogens (tertiary/aromatic N) is 1. The van der Waals surface area contributed by atoms with Crippen molar-refractivity contribution in [1.82, 2.24) is 4.90 Å². The lowest BCUT2D eigenvalue weighted by Gasteiger charge is -2.23. The first-order valence-corrected chi connectivity index (χ1v) is 5.94. The molecule has 1 aromatic rings. The summed E-state index contributed by atoms with van der Waals surface area (Å²) in [6.07, 6.45) is -4.19. The molecule has 0 aliphatic carbocycles. The SMILES string of the molecule is CCN(Cc1c(N)cccc1Br)CC(F)(F)F. The first-order chi connectivity index (χ1) is 7.83. The van der Waals surface area contributed by atoms with Crippen LogP contribution in [-0.4, -0.2) is 24.2 Å². The highest BCUT2D eigenvalue weighted by Gasteiger charge is 2.30. The molecule has 0 saturated heterocycles. The van der Waals surface area contributed by atoms with Gasteiger partial charge in [0.05, 0.1) is 6.54 Å². The Morgan fingerprint density at radius 3 is 2.47 bits per heavy atom. The molecule has 2 N–H and O–H groups in total. The second-order valence-electron chi connectivity index (χ2n) is 3.73. The van der Waals surface area contributed by atoms with Crippen molar-refractivity contribution in [1.29, 1.82) is 0 Å². The van der Waals surface area contributed by atoms with Crippen molar-refractivity contribution in [2.24, 2.45) is 0 Å². The van der Waals surface area contributed by atoms with E-state index >= 15 is 0 Å². The molecule has 0 bridgehead atoms. The van der Waals surface area contributed by atoms with Gasteiger partial charge in [0, 0.05) is 22.3 Å². The average Bonchev–Trinajstić information content (AvgIpc) is 2.20. The molecule has 0 fully saturated rings. The van der Waals surface area contributed by atoms with Gasteiger partial charge in [-0.15, -0.1) is 0 Å². The Hall–Kier alpha value is -0.750. The molecule has 0 aliphatic heterocycles. The Labute approximate surface area is 107 Å². The van der Waals surface area contributed by atoms with Crippen molar-refractivity contribution >= 4 is 21.6 Å². The van der Waals surface area contributed by atoms with Crippen LogP contribution in [0.4, 0.5) is 18.9 Å². The van der Waals surface area contributed by atoms with E-state index < -0.39 is 12.7 Å². The fraction of sp³-hybridized carbons (Fsp3) is 0.455. The average molecular weight is 311 g/mol. The Morgan fingerprint density at radius 2 is 2.00 bits per heavy atom. The van der Waals surface area contributed by atoms with E-state index in [1.54, 1.807) is 25.1 Å². The predicted molar refractivity (Wildman–Crippen MR) is 65.6 cm³/mol. The summed E-state index contributed by atoms with van der Waals surface area (Å²) in [7, 11) is 0. The summed E-state index contributed by atoms with van der Waals surface area (Å²) < 4.78 is 37.7. The number of halogens is 4. The lowest BCUT2D eigenvalue weighted by molar-refractivity contribution is -0.146. The number of nitrogen functional groups attached to an aromatic ring is 1. The van der Waals surface area contributed by atoms with Gasteiger partial charge in [0.25, 0.3) is 0 Å². The van der Waals surface area contributed by atoms with Gasteiger partial charge in [-0.25, -0.2) is 0 Å². The largest absolute Gasteiger partial charge is 0.401 e. The van der Waals surface area contributed by atoms with Crippen LogP contribution in [0, 0.1) is 0 Å². The zero-order valence-corrected chi connectivity index (χ0v) is 11.0. The summed E-state index contributed by atoms with van der Waals surface area (Å²) >= 11 is 3.30. The molecular weight excluding hydrogens is 297 g/mol. The summed E-state index contributed by atoms with van der Waals surface area (Å²) in [5, 5.41) is 0. The van der Waals surface area contributed by atoms with Gasteiger partial charge in [-0.3, -0.25) is 4.90 Å². The van der Waals surface area contributed by atoms with Crippen molar-refractivity contribution in [2.75, 3.05) is 18.8 Å². The first-order valence-electron chi connectivity index (χ1n) is 5.15. The normalized spacial score (nSPS) is 12.1. The molecule has 6 heteroatoms. The lowest BCUT2D eigenvalue weighted by Crippen LogP contribution is -2.33. The van der Waals surface area contributed by atoms with Gasteiger partial charge >= 0.3 is 6.18 Å². The van der Waals surface area contributed by atoms with Crippen LogP contribution in [0.15, 0.2) is 22.7 Å². The quantitative estimate of drug-likeness (QED) is 0.864. The Bertz CT molecular complexity index is 359. The maximum atomic E-state index is 12.3. The number of nitrogens with two attached hydrogens (primary N) is 1. The molecule has 1 rings (SSSR count). The van der Waals surface area contributed by atoms with Crippen LogP contribution in [0.3, 0.4) is 0 Å². The lowest BCUT2D eigenvalue weighted by atomic mass is 10.1. The molecule has 0 saturated carbocycles. The maximum absolute atomic E-state index is 12.3. The minimum atomic E-state index is -4.19. The molecule has 0 radical (unpaired) electrons. The predicted octanol–water partition coefficient (Wildman–Crippen LogP) is 3.42. The molecule has 0 spiro atoms. The third-order valence-corrected chi connectivity index (χ3v) is 3.13. The number of alkyl halides is 3. The number of benzene rings is 1. The molecule has 0 amide bonds. The highest BCUT2D eigenvalue weighted by molar-refractivity contribution is 9.10. The minimum Gasteiger partial charge on any atom is -0.398 e. The van der Waals surface area contributed by atoms with Crippen LogP contribution in [0.1, 0.15) is 12.5 Å². The molecule has 0 aromatic heterocycles. The minimum absolute atomic E-state index is 0.184. The van der Waals surface area contributed by atoms with E-state index in [4.69, 9.17) is 5.73 Å². The smallest absolute Gasteiger partial charge is 0.398 e. The van der Waals surface area contributed by atoms with E-state index in [0.29, 0.717) is 17.8 Å². The zero-order valence-electron chi connectivity index (χ0n) is 9.39. The van der Waals surface area contributed by atoms with Crippen LogP contribution in [0.5, 0.6) is 0 Å². The van der Waals surface area contributed by atoms with Gasteiger partial charge in [-0.05, 0) is 18.7 Å². The van der Waals surface area contributed by atoms with E-state index in [0.717, 1.165) is 4.47 Å². The van der Waals surface area contributed by atoms with Crippen LogP contribution in [0.2, 0.25) is 0 Å². The van der Waals surface area contributed by atoms with Gasteiger partial charge in [-0.1, -0.05) is 28.9 Å².